The summed E-state index contributed by atoms with van der Waals surface area (Å²) in [7, 11) is 0. The monoisotopic (exact) mass is 409 g/mol. The van der Waals surface area contributed by atoms with E-state index < -0.39 is 0 Å². The second-order valence-electron chi connectivity index (χ2n) is 7.99. The average Bonchev–Trinajstić information content (AvgIpc) is 3.12. The molecule has 158 valence electrons. The van der Waals surface area contributed by atoms with Gasteiger partial charge in [0.25, 0.3) is 0 Å². The molecule has 0 unspecified atom stereocenters. The van der Waals surface area contributed by atoms with Gasteiger partial charge in [-0.15, -0.1) is 11.3 Å². The van der Waals surface area contributed by atoms with E-state index in [1.54, 1.807) is 16.2 Å². The summed E-state index contributed by atoms with van der Waals surface area (Å²) in [4.78, 5) is 23.0. The van der Waals surface area contributed by atoms with E-state index in [2.05, 4.69) is 43.7 Å². The van der Waals surface area contributed by atoms with Crippen molar-refractivity contribution in [3.8, 4) is 0 Å². The summed E-state index contributed by atoms with van der Waals surface area (Å²) in [5.74, 6) is 0.838. The maximum atomic E-state index is 11.8. The lowest BCUT2D eigenvalue weighted by Crippen LogP contribution is -2.50. The summed E-state index contributed by atoms with van der Waals surface area (Å²) in [6.45, 7) is 13.8. The van der Waals surface area contributed by atoms with Gasteiger partial charge in [-0.2, -0.15) is 0 Å². The zero-order valence-electron chi connectivity index (χ0n) is 17.9. The standard InChI is InChI=1S/C20H35N5O2S/c1-6-21-18(22-11-8-17-24-16(14-28-17)20(3,4)5)23-15-9-12-25(13-10-15)19(26)27-7-2/h14-15H,6-13H2,1-5H3,(H2,21,22,23). The molecule has 1 saturated heterocycles. The lowest BCUT2D eigenvalue weighted by atomic mass is 9.93. The van der Waals surface area contributed by atoms with Gasteiger partial charge in [-0.1, -0.05) is 20.8 Å². The summed E-state index contributed by atoms with van der Waals surface area (Å²) < 4.78 is 5.08. The third-order valence-corrected chi connectivity index (χ3v) is 5.53. The Kier molecular flexibility index (Phi) is 8.54. The number of hydrogen-bond acceptors (Lipinski definition) is 5. The van der Waals surface area contributed by atoms with Gasteiger partial charge in [-0.25, -0.2) is 9.78 Å². The number of likely N-dealkylation sites (tertiary alicyclic amines) is 1. The van der Waals surface area contributed by atoms with Gasteiger partial charge in [0.05, 0.1) is 17.3 Å². The minimum absolute atomic E-state index is 0.0902. The van der Waals surface area contributed by atoms with Gasteiger partial charge in [-0.3, -0.25) is 4.99 Å². The van der Waals surface area contributed by atoms with Gasteiger partial charge >= 0.3 is 6.09 Å². The first-order valence-electron chi connectivity index (χ1n) is 10.2. The summed E-state index contributed by atoms with van der Waals surface area (Å²) in [6, 6.07) is 0.316. The number of ether oxygens (including phenoxy) is 1. The fraction of sp³-hybridized carbons (Fsp3) is 0.750. The molecule has 2 rings (SSSR count). The maximum absolute atomic E-state index is 11.8. The molecule has 0 atom stereocenters. The van der Waals surface area contributed by atoms with Crippen molar-refractivity contribution in [3.05, 3.63) is 16.1 Å². The van der Waals surface area contributed by atoms with Gasteiger partial charge in [0.1, 0.15) is 0 Å². The van der Waals surface area contributed by atoms with Crippen molar-refractivity contribution in [1.82, 2.24) is 20.5 Å². The van der Waals surface area contributed by atoms with Crippen LogP contribution in [0.2, 0.25) is 0 Å². The van der Waals surface area contributed by atoms with Crippen LogP contribution in [0.25, 0.3) is 0 Å². The predicted octanol–water partition coefficient (Wildman–Crippen LogP) is 3.16. The molecule has 28 heavy (non-hydrogen) atoms. The Bertz CT molecular complexity index is 645. The zero-order chi connectivity index (χ0) is 20.6. The van der Waals surface area contributed by atoms with E-state index in [0.29, 0.717) is 32.3 Å². The molecular formula is C20H35N5O2S. The van der Waals surface area contributed by atoms with Crippen LogP contribution in [0.5, 0.6) is 0 Å². The summed E-state index contributed by atoms with van der Waals surface area (Å²) in [5.41, 5.74) is 1.24. The van der Waals surface area contributed by atoms with Crippen LogP contribution in [0.1, 0.15) is 58.2 Å². The maximum Gasteiger partial charge on any atom is 0.409 e. The highest BCUT2D eigenvalue weighted by atomic mass is 32.1. The van der Waals surface area contributed by atoms with Crippen LogP contribution in [-0.2, 0) is 16.6 Å². The van der Waals surface area contributed by atoms with Crippen LogP contribution in [0.4, 0.5) is 4.79 Å². The summed E-state index contributed by atoms with van der Waals surface area (Å²) in [5, 5.41) is 10.1. The summed E-state index contributed by atoms with van der Waals surface area (Å²) >= 11 is 1.71. The van der Waals surface area contributed by atoms with E-state index in [4.69, 9.17) is 14.7 Å². The SMILES string of the molecule is CCNC(=NCCc1nc(C(C)(C)C)cs1)NC1CCN(C(=O)OCC)CC1. The number of rotatable bonds is 6. The van der Waals surface area contributed by atoms with Crippen molar-refractivity contribution in [3.63, 3.8) is 0 Å². The molecule has 0 aliphatic carbocycles. The Morgan fingerprint density at radius 1 is 1.36 bits per heavy atom. The molecule has 0 radical (unpaired) electrons. The molecule has 1 fully saturated rings. The number of guanidine groups is 1. The second kappa shape index (κ2) is 10.6. The predicted molar refractivity (Wildman–Crippen MR) is 115 cm³/mol. The van der Waals surface area contributed by atoms with Crippen LogP contribution in [0.3, 0.4) is 0 Å². The van der Waals surface area contributed by atoms with E-state index in [1.807, 2.05) is 6.92 Å². The highest BCUT2D eigenvalue weighted by molar-refractivity contribution is 7.09. The Morgan fingerprint density at radius 2 is 2.07 bits per heavy atom. The van der Waals surface area contributed by atoms with Gasteiger partial charge < -0.3 is 20.3 Å². The van der Waals surface area contributed by atoms with Crippen molar-refractivity contribution < 1.29 is 9.53 Å². The fourth-order valence-corrected chi connectivity index (χ4v) is 3.98. The zero-order valence-corrected chi connectivity index (χ0v) is 18.7. The minimum atomic E-state index is -0.209. The first-order chi connectivity index (χ1) is 13.3. The van der Waals surface area contributed by atoms with Crippen molar-refractivity contribution in [2.45, 2.75) is 65.3 Å². The minimum Gasteiger partial charge on any atom is -0.450 e. The molecule has 1 aromatic rings. The van der Waals surface area contributed by atoms with E-state index in [-0.39, 0.29) is 11.5 Å². The van der Waals surface area contributed by atoms with Crippen LogP contribution < -0.4 is 10.6 Å². The molecule has 1 amide bonds. The number of carbonyl (C=O) groups is 1. The van der Waals surface area contributed by atoms with Gasteiger partial charge in [0.2, 0.25) is 0 Å². The van der Waals surface area contributed by atoms with Crippen LogP contribution in [0, 0.1) is 0 Å². The number of nitrogens with one attached hydrogen (secondary N) is 2. The molecule has 2 N–H and O–H groups in total. The van der Waals surface area contributed by atoms with Gasteiger partial charge in [0.15, 0.2) is 5.96 Å². The van der Waals surface area contributed by atoms with Crippen LogP contribution >= 0.6 is 11.3 Å². The Balaban J connectivity index is 1.82. The number of thiazole rings is 1. The highest BCUT2D eigenvalue weighted by Gasteiger charge is 2.24. The first-order valence-corrected chi connectivity index (χ1v) is 11.1. The quantitative estimate of drug-likeness (QED) is 0.557. The number of aromatic nitrogens is 1. The third kappa shape index (κ3) is 6.96. The molecule has 2 heterocycles. The van der Waals surface area contributed by atoms with Crippen LogP contribution in [0.15, 0.2) is 10.4 Å². The largest absolute Gasteiger partial charge is 0.450 e. The van der Waals surface area contributed by atoms with Crippen molar-refractivity contribution in [2.75, 3.05) is 32.8 Å². The molecule has 7 nitrogen and oxygen atoms in total. The molecule has 1 aromatic heterocycles. The van der Waals surface area contributed by atoms with Crippen molar-refractivity contribution in [2.24, 2.45) is 4.99 Å². The molecule has 1 aliphatic rings. The van der Waals surface area contributed by atoms with Crippen molar-refractivity contribution >= 4 is 23.4 Å². The molecule has 0 saturated carbocycles. The molecule has 8 heteroatoms. The molecule has 0 aromatic carbocycles. The molecular weight excluding hydrogens is 374 g/mol. The number of amides is 1. The number of aliphatic imine (C=N–C) groups is 1. The Labute approximate surface area is 173 Å². The fourth-order valence-electron chi connectivity index (χ4n) is 2.97. The normalized spacial score (nSPS) is 16.2. The Morgan fingerprint density at radius 3 is 2.64 bits per heavy atom. The summed E-state index contributed by atoms with van der Waals surface area (Å²) in [6.07, 6.45) is 2.42. The number of hydrogen-bond donors (Lipinski definition) is 2. The molecule has 1 aliphatic heterocycles. The van der Waals surface area contributed by atoms with Crippen molar-refractivity contribution in [1.29, 1.82) is 0 Å². The Hall–Kier alpha value is -1.83. The average molecular weight is 410 g/mol. The van der Waals surface area contributed by atoms with Crippen LogP contribution in [-0.4, -0.2) is 60.8 Å². The van der Waals surface area contributed by atoms with Gasteiger partial charge in [0, 0.05) is 49.4 Å². The molecule has 0 spiro atoms. The van der Waals surface area contributed by atoms with E-state index in [9.17, 15) is 4.79 Å². The third-order valence-electron chi connectivity index (χ3n) is 4.62. The topological polar surface area (TPSA) is 78.9 Å². The second-order valence-corrected chi connectivity index (χ2v) is 8.93. The lowest BCUT2D eigenvalue weighted by Gasteiger charge is -2.32. The van der Waals surface area contributed by atoms with E-state index in [1.165, 1.54) is 0 Å². The highest BCUT2D eigenvalue weighted by Crippen LogP contribution is 2.24. The number of carbonyl (C=O) groups excluding carboxylic acids is 1. The van der Waals surface area contributed by atoms with Gasteiger partial charge in [-0.05, 0) is 26.7 Å². The first kappa shape index (κ1) is 22.5. The van der Waals surface area contributed by atoms with E-state index >= 15 is 0 Å². The number of piperidine rings is 1. The van der Waals surface area contributed by atoms with E-state index in [0.717, 1.165) is 42.5 Å². The lowest BCUT2D eigenvalue weighted by molar-refractivity contribution is 0.0963. The smallest absolute Gasteiger partial charge is 0.409 e. The number of nitrogens with zero attached hydrogens (tertiary/aromatic N) is 3. The molecule has 0 bridgehead atoms.